The van der Waals surface area contributed by atoms with Gasteiger partial charge in [0.15, 0.2) is 0 Å². The first kappa shape index (κ1) is 13.5. The van der Waals surface area contributed by atoms with Crippen molar-refractivity contribution in [2.24, 2.45) is 10.8 Å². The molecule has 92 valence electrons. The summed E-state index contributed by atoms with van der Waals surface area (Å²) in [6.07, 6.45) is 11.6. The van der Waals surface area contributed by atoms with Crippen LogP contribution in [0.4, 0.5) is 0 Å². The zero-order valence-electron chi connectivity index (χ0n) is 11.4. The molecule has 0 N–H and O–H groups in total. The lowest BCUT2D eigenvalue weighted by Crippen LogP contribution is -2.30. The second kappa shape index (κ2) is 5.21. The second-order valence-electron chi connectivity index (χ2n) is 6.56. The Morgan fingerprint density at radius 2 is 1.81 bits per heavy atom. The number of hydrogen-bond donors (Lipinski definition) is 0. The summed E-state index contributed by atoms with van der Waals surface area (Å²) in [6, 6.07) is 0. The normalized spacial score (nSPS) is 20.4. The lowest BCUT2D eigenvalue weighted by atomic mass is 9.63. The van der Waals surface area contributed by atoms with Gasteiger partial charge in [0.1, 0.15) is 0 Å². The van der Waals surface area contributed by atoms with Gasteiger partial charge in [-0.15, -0.1) is 13.2 Å². The summed E-state index contributed by atoms with van der Waals surface area (Å²) >= 11 is 0. The van der Waals surface area contributed by atoms with Crippen molar-refractivity contribution < 1.29 is 0 Å². The third-order valence-corrected chi connectivity index (χ3v) is 3.97. The first-order valence-electron chi connectivity index (χ1n) is 6.67. The van der Waals surface area contributed by atoms with Crippen LogP contribution in [0.3, 0.4) is 0 Å². The monoisotopic (exact) mass is 220 g/mol. The molecule has 0 unspecified atom stereocenters. The molecule has 0 amide bonds. The van der Waals surface area contributed by atoms with Crippen LogP contribution in [0.1, 0.15) is 65.7 Å². The summed E-state index contributed by atoms with van der Waals surface area (Å²) < 4.78 is 0. The average Bonchev–Trinajstić information content (AvgIpc) is 2.16. The third-order valence-electron chi connectivity index (χ3n) is 3.97. The van der Waals surface area contributed by atoms with Crippen molar-refractivity contribution in [1.29, 1.82) is 0 Å². The van der Waals surface area contributed by atoms with E-state index in [2.05, 4.69) is 40.0 Å². The highest BCUT2D eigenvalue weighted by Crippen LogP contribution is 2.48. The summed E-state index contributed by atoms with van der Waals surface area (Å²) in [5, 5.41) is 0. The minimum atomic E-state index is 0.271. The van der Waals surface area contributed by atoms with Crippen LogP contribution >= 0.6 is 0 Å². The maximum atomic E-state index is 4.12. The SMILES string of the molecule is C=CC(C)(C)CC1(CC(=C)C)CCCCC1. The van der Waals surface area contributed by atoms with Crippen LogP contribution in [-0.2, 0) is 0 Å². The summed E-state index contributed by atoms with van der Waals surface area (Å²) in [5.74, 6) is 0. The van der Waals surface area contributed by atoms with E-state index in [1.165, 1.54) is 50.5 Å². The predicted octanol–water partition coefficient (Wildman–Crippen LogP) is 5.51. The summed E-state index contributed by atoms with van der Waals surface area (Å²) in [6.45, 7) is 14.9. The van der Waals surface area contributed by atoms with Gasteiger partial charge >= 0.3 is 0 Å². The van der Waals surface area contributed by atoms with Crippen LogP contribution in [0.15, 0.2) is 24.8 Å². The Morgan fingerprint density at radius 1 is 1.25 bits per heavy atom. The van der Waals surface area contributed by atoms with Gasteiger partial charge in [-0.1, -0.05) is 44.8 Å². The van der Waals surface area contributed by atoms with Crippen LogP contribution in [0.25, 0.3) is 0 Å². The number of rotatable bonds is 5. The molecule has 0 aliphatic heterocycles. The van der Waals surface area contributed by atoms with Gasteiger partial charge in [-0.25, -0.2) is 0 Å². The molecule has 0 heterocycles. The van der Waals surface area contributed by atoms with Gasteiger partial charge in [0, 0.05) is 0 Å². The van der Waals surface area contributed by atoms with E-state index in [4.69, 9.17) is 0 Å². The molecule has 16 heavy (non-hydrogen) atoms. The Balaban J connectivity index is 2.77. The van der Waals surface area contributed by atoms with Crippen LogP contribution < -0.4 is 0 Å². The van der Waals surface area contributed by atoms with Crippen molar-refractivity contribution in [3.63, 3.8) is 0 Å². The van der Waals surface area contributed by atoms with E-state index < -0.39 is 0 Å². The fourth-order valence-electron chi connectivity index (χ4n) is 3.40. The quantitative estimate of drug-likeness (QED) is 0.536. The summed E-state index contributed by atoms with van der Waals surface area (Å²) in [4.78, 5) is 0. The topological polar surface area (TPSA) is 0 Å². The molecule has 1 aliphatic carbocycles. The standard InChI is InChI=1S/C16H28/c1-6-15(4,5)13-16(12-14(2)3)10-8-7-9-11-16/h6H,1-2,7-13H2,3-5H3. The van der Waals surface area contributed by atoms with Crippen molar-refractivity contribution in [1.82, 2.24) is 0 Å². The Morgan fingerprint density at radius 3 is 2.25 bits per heavy atom. The largest absolute Gasteiger partial charge is 0.103 e. The van der Waals surface area contributed by atoms with Crippen LogP contribution in [0.2, 0.25) is 0 Å². The van der Waals surface area contributed by atoms with Crippen molar-refractivity contribution in [2.75, 3.05) is 0 Å². The van der Waals surface area contributed by atoms with E-state index in [9.17, 15) is 0 Å². The van der Waals surface area contributed by atoms with Gasteiger partial charge in [-0.2, -0.15) is 0 Å². The number of allylic oxidation sites excluding steroid dienone is 2. The van der Waals surface area contributed by atoms with E-state index >= 15 is 0 Å². The van der Waals surface area contributed by atoms with Crippen molar-refractivity contribution in [3.05, 3.63) is 24.8 Å². The minimum Gasteiger partial charge on any atom is -0.103 e. The maximum Gasteiger partial charge on any atom is -0.0172 e. The molecular formula is C16H28. The molecule has 0 bridgehead atoms. The van der Waals surface area contributed by atoms with E-state index in [-0.39, 0.29) is 5.41 Å². The highest BCUT2D eigenvalue weighted by Gasteiger charge is 2.36. The molecule has 1 aliphatic rings. The molecule has 0 saturated heterocycles. The molecule has 0 radical (unpaired) electrons. The van der Waals surface area contributed by atoms with Crippen molar-refractivity contribution >= 4 is 0 Å². The van der Waals surface area contributed by atoms with Gasteiger partial charge in [-0.05, 0) is 43.4 Å². The molecule has 0 aromatic carbocycles. The predicted molar refractivity (Wildman–Crippen MR) is 73.5 cm³/mol. The van der Waals surface area contributed by atoms with Gasteiger partial charge in [0.05, 0.1) is 0 Å². The lowest BCUT2D eigenvalue weighted by molar-refractivity contribution is 0.125. The lowest BCUT2D eigenvalue weighted by Gasteiger charge is -2.42. The summed E-state index contributed by atoms with van der Waals surface area (Å²) in [5.41, 5.74) is 2.14. The highest BCUT2D eigenvalue weighted by atomic mass is 14.4. The molecule has 1 saturated carbocycles. The molecule has 0 heteroatoms. The zero-order valence-corrected chi connectivity index (χ0v) is 11.4. The molecule has 1 rings (SSSR count). The zero-order chi connectivity index (χ0) is 12.2. The molecule has 0 nitrogen and oxygen atoms in total. The Hall–Kier alpha value is -0.520. The molecule has 0 spiro atoms. The van der Waals surface area contributed by atoms with Crippen LogP contribution in [0.5, 0.6) is 0 Å². The smallest absolute Gasteiger partial charge is 0.0172 e. The summed E-state index contributed by atoms with van der Waals surface area (Å²) in [7, 11) is 0. The third kappa shape index (κ3) is 3.81. The van der Waals surface area contributed by atoms with Crippen molar-refractivity contribution in [3.8, 4) is 0 Å². The molecule has 0 aromatic heterocycles. The van der Waals surface area contributed by atoms with Crippen LogP contribution in [-0.4, -0.2) is 0 Å². The maximum absolute atomic E-state index is 4.12. The van der Waals surface area contributed by atoms with Gasteiger partial charge < -0.3 is 0 Å². The highest BCUT2D eigenvalue weighted by molar-refractivity contribution is 5.02. The van der Waals surface area contributed by atoms with Gasteiger partial charge in [-0.3, -0.25) is 0 Å². The Kier molecular flexibility index (Phi) is 4.41. The molecule has 0 atom stereocenters. The molecular weight excluding hydrogens is 192 g/mol. The van der Waals surface area contributed by atoms with E-state index in [0.29, 0.717) is 5.41 Å². The van der Waals surface area contributed by atoms with Gasteiger partial charge in [0.25, 0.3) is 0 Å². The van der Waals surface area contributed by atoms with E-state index in [1.54, 1.807) is 0 Å². The fourth-order valence-corrected chi connectivity index (χ4v) is 3.40. The Bertz CT molecular complexity index is 251. The van der Waals surface area contributed by atoms with E-state index in [1.807, 2.05) is 0 Å². The van der Waals surface area contributed by atoms with Crippen LogP contribution in [0, 0.1) is 10.8 Å². The van der Waals surface area contributed by atoms with Gasteiger partial charge in [0.2, 0.25) is 0 Å². The molecule has 0 aromatic rings. The minimum absolute atomic E-state index is 0.271. The van der Waals surface area contributed by atoms with E-state index in [0.717, 1.165) is 0 Å². The fraction of sp³-hybridized carbons (Fsp3) is 0.750. The number of hydrogen-bond acceptors (Lipinski definition) is 0. The first-order chi connectivity index (χ1) is 7.39. The molecule has 1 fully saturated rings. The van der Waals surface area contributed by atoms with Crippen molar-refractivity contribution in [2.45, 2.75) is 65.7 Å². The second-order valence-corrected chi connectivity index (χ2v) is 6.56. The first-order valence-corrected chi connectivity index (χ1v) is 6.67. The Labute approximate surface area is 102 Å². The average molecular weight is 220 g/mol.